The van der Waals surface area contributed by atoms with Gasteiger partial charge < -0.3 is 14.4 Å². The van der Waals surface area contributed by atoms with Crippen LogP contribution >= 0.6 is 11.8 Å². The molecule has 1 amide bonds. The van der Waals surface area contributed by atoms with Gasteiger partial charge in [0, 0.05) is 42.3 Å². The first-order chi connectivity index (χ1) is 14.2. The molecular formula is C22H24N2O4S. The number of hydrogen-bond donors (Lipinski definition) is 0. The molecule has 152 valence electrons. The number of ketones is 1. The summed E-state index contributed by atoms with van der Waals surface area (Å²) >= 11 is 1.63. The van der Waals surface area contributed by atoms with E-state index in [-0.39, 0.29) is 17.6 Å². The SMILES string of the molecule is O=C(c1ccccn1)C1CCCN(C(=O)CCSc2ccc3c(c2)OCCO3)C1. The Balaban J connectivity index is 1.28. The second-order valence-electron chi connectivity index (χ2n) is 7.16. The minimum atomic E-state index is -0.159. The molecule has 0 N–H and O–H groups in total. The van der Waals surface area contributed by atoms with E-state index in [1.165, 1.54) is 0 Å². The van der Waals surface area contributed by atoms with Gasteiger partial charge in [-0.05, 0) is 43.2 Å². The number of piperidine rings is 1. The third-order valence-electron chi connectivity index (χ3n) is 5.16. The van der Waals surface area contributed by atoms with Crippen molar-refractivity contribution in [3.63, 3.8) is 0 Å². The number of ether oxygens (including phenoxy) is 2. The molecule has 3 heterocycles. The van der Waals surface area contributed by atoms with E-state index in [0.717, 1.165) is 35.8 Å². The Morgan fingerprint density at radius 1 is 1.14 bits per heavy atom. The summed E-state index contributed by atoms with van der Waals surface area (Å²) in [7, 11) is 0. The standard InChI is InChI=1S/C22H24N2O4S/c25-21(8-13-29-17-6-7-19-20(14-17)28-12-11-27-19)24-10-3-4-16(15-24)22(26)18-5-1-2-9-23-18/h1-2,5-7,9,14,16H,3-4,8,10-13,15H2. The van der Waals surface area contributed by atoms with Gasteiger partial charge in [-0.15, -0.1) is 11.8 Å². The first-order valence-corrected chi connectivity index (χ1v) is 10.9. The average Bonchev–Trinajstić information content (AvgIpc) is 2.79. The van der Waals surface area contributed by atoms with Crippen LogP contribution in [0.2, 0.25) is 0 Å². The Labute approximate surface area is 174 Å². The van der Waals surface area contributed by atoms with Crippen molar-refractivity contribution in [2.75, 3.05) is 32.1 Å². The van der Waals surface area contributed by atoms with Gasteiger partial charge in [-0.3, -0.25) is 14.6 Å². The Morgan fingerprint density at radius 3 is 2.83 bits per heavy atom. The number of amides is 1. The molecule has 0 bridgehead atoms. The Hall–Kier alpha value is -2.54. The van der Waals surface area contributed by atoms with Crippen LogP contribution < -0.4 is 9.47 Å². The maximum absolute atomic E-state index is 12.7. The van der Waals surface area contributed by atoms with Crippen molar-refractivity contribution in [2.24, 2.45) is 5.92 Å². The minimum absolute atomic E-state index is 0.0359. The molecule has 2 aromatic rings. The molecule has 6 nitrogen and oxygen atoms in total. The zero-order chi connectivity index (χ0) is 20.1. The molecule has 1 fully saturated rings. The summed E-state index contributed by atoms with van der Waals surface area (Å²) in [6.07, 6.45) is 3.74. The summed E-state index contributed by atoms with van der Waals surface area (Å²) < 4.78 is 11.1. The van der Waals surface area contributed by atoms with Gasteiger partial charge in [-0.25, -0.2) is 0 Å². The fraction of sp³-hybridized carbons (Fsp3) is 0.409. The smallest absolute Gasteiger partial charge is 0.223 e. The van der Waals surface area contributed by atoms with E-state index >= 15 is 0 Å². The molecule has 1 atom stereocenters. The molecule has 1 aromatic heterocycles. The molecule has 1 unspecified atom stereocenters. The highest BCUT2D eigenvalue weighted by Gasteiger charge is 2.29. The normalized spacial score (nSPS) is 18.3. The fourth-order valence-electron chi connectivity index (χ4n) is 3.66. The van der Waals surface area contributed by atoms with E-state index in [2.05, 4.69) is 4.98 Å². The number of aromatic nitrogens is 1. The number of benzene rings is 1. The monoisotopic (exact) mass is 412 g/mol. The van der Waals surface area contributed by atoms with Crippen LogP contribution in [-0.2, 0) is 4.79 Å². The predicted molar refractivity (Wildman–Crippen MR) is 111 cm³/mol. The summed E-state index contributed by atoms with van der Waals surface area (Å²) in [6.45, 7) is 2.35. The summed E-state index contributed by atoms with van der Waals surface area (Å²) in [4.78, 5) is 32.4. The van der Waals surface area contributed by atoms with Crippen LogP contribution in [0.1, 0.15) is 29.8 Å². The van der Waals surface area contributed by atoms with Crippen LogP contribution in [0.5, 0.6) is 11.5 Å². The molecule has 29 heavy (non-hydrogen) atoms. The molecule has 4 rings (SSSR count). The molecule has 0 radical (unpaired) electrons. The fourth-order valence-corrected chi connectivity index (χ4v) is 4.53. The summed E-state index contributed by atoms with van der Waals surface area (Å²) in [5, 5.41) is 0. The van der Waals surface area contributed by atoms with Gasteiger partial charge in [-0.1, -0.05) is 6.07 Å². The molecule has 0 aliphatic carbocycles. The number of nitrogens with zero attached hydrogens (tertiary/aromatic N) is 2. The largest absolute Gasteiger partial charge is 0.486 e. The molecule has 2 aliphatic heterocycles. The Kier molecular flexibility index (Phi) is 6.34. The van der Waals surface area contributed by atoms with E-state index in [1.807, 2.05) is 29.2 Å². The number of rotatable bonds is 6. The van der Waals surface area contributed by atoms with Gasteiger partial charge >= 0.3 is 0 Å². The highest BCUT2D eigenvalue weighted by atomic mass is 32.2. The predicted octanol–water partition coefficient (Wildman–Crippen LogP) is 3.46. The lowest BCUT2D eigenvalue weighted by Crippen LogP contribution is -2.42. The topological polar surface area (TPSA) is 68.7 Å². The first-order valence-electron chi connectivity index (χ1n) is 9.96. The first kappa shape index (κ1) is 19.8. The van der Waals surface area contributed by atoms with Crippen LogP contribution in [0.15, 0.2) is 47.5 Å². The van der Waals surface area contributed by atoms with Crippen molar-refractivity contribution in [2.45, 2.75) is 24.2 Å². The number of fused-ring (bicyclic) bond motifs is 1. The van der Waals surface area contributed by atoms with Crippen molar-refractivity contribution in [3.05, 3.63) is 48.3 Å². The van der Waals surface area contributed by atoms with Gasteiger partial charge in [0.15, 0.2) is 17.3 Å². The highest BCUT2D eigenvalue weighted by molar-refractivity contribution is 7.99. The number of thioether (sulfide) groups is 1. The van der Waals surface area contributed by atoms with Gasteiger partial charge in [0.25, 0.3) is 0 Å². The number of pyridine rings is 1. The van der Waals surface area contributed by atoms with Crippen molar-refractivity contribution in [1.29, 1.82) is 0 Å². The molecule has 1 aromatic carbocycles. The molecule has 7 heteroatoms. The van der Waals surface area contributed by atoms with Crippen LogP contribution in [0.3, 0.4) is 0 Å². The number of carbonyl (C=O) groups is 2. The second-order valence-corrected chi connectivity index (χ2v) is 8.33. The maximum Gasteiger partial charge on any atom is 0.223 e. The Morgan fingerprint density at radius 2 is 2.00 bits per heavy atom. The van der Waals surface area contributed by atoms with Crippen LogP contribution in [0.4, 0.5) is 0 Å². The molecule has 0 spiro atoms. The number of likely N-dealkylation sites (tertiary alicyclic amines) is 1. The third-order valence-corrected chi connectivity index (χ3v) is 6.16. The zero-order valence-electron chi connectivity index (χ0n) is 16.2. The van der Waals surface area contributed by atoms with Gasteiger partial charge in [0.05, 0.1) is 0 Å². The minimum Gasteiger partial charge on any atom is -0.486 e. The van der Waals surface area contributed by atoms with Crippen molar-refractivity contribution < 1.29 is 19.1 Å². The van der Waals surface area contributed by atoms with Gasteiger partial charge in [0.2, 0.25) is 5.91 Å². The van der Waals surface area contributed by atoms with Crippen LogP contribution in [-0.4, -0.2) is 53.6 Å². The average molecular weight is 413 g/mol. The van der Waals surface area contributed by atoms with Crippen molar-refractivity contribution in [1.82, 2.24) is 9.88 Å². The van der Waals surface area contributed by atoms with E-state index in [0.29, 0.717) is 37.6 Å². The lowest BCUT2D eigenvalue weighted by atomic mass is 9.92. The zero-order valence-corrected chi connectivity index (χ0v) is 17.0. The number of hydrogen-bond acceptors (Lipinski definition) is 6. The van der Waals surface area contributed by atoms with E-state index in [9.17, 15) is 9.59 Å². The Bertz CT molecular complexity index is 874. The van der Waals surface area contributed by atoms with Crippen molar-refractivity contribution >= 4 is 23.5 Å². The summed E-state index contributed by atoms with van der Waals surface area (Å²) in [5.41, 5.74) is 0.487. The van der Waals surface area contributed by atoms with Gasteiger partial charge in [0.1, 0.15) is 18.9 Å². The van der Waals surface area contributed by atoms with E-state index in [1.54, 1.807) is 30.1 Å². The molecule has 0 saturated carbocycles. The van der Waals surface area contributed by atoms with Crippen molar-refractivity contribution in [3.8, 4) is 11.5 Å². The summed E-state index contributed by atoms with van der Waals surface area (Å²) in [6, 6.07) is 11.2. The van der Waals surface area contributed by atoms with Crippen LogP contribution in [0.25, 0.3) is 0 Å². The number of carbonyl (C=O) groups excluding carboxylic acids is 2. The number of Topliss-reactive ketones (excluding diaryl/α,β-unsaturated/α-hetero) is 1. The lowest BCUT2D eigenvalue weighted by molar-refractivity contribution is -0.132. The summed E-state index contributed by atoms with van der Waals surface area (Å²) in [5.74, 6) is 2.21. The quantitative estimate of drug-likeness (QED) is 0.535. The maximum atomic E-state index is 12.7. The van der Waals surface area contributed by atoms with E-state index in [4.69, 9.17) is 9.47 Å². The van der Waals surface area contributed by atoms with Gasteiger partial charge in [-0.2, -0.15) is 0 Å². The molecular weight excluding hydrogens is 388 g/mol. The van der Waals surface area contributed by atoms with Crippen LogP contribution in [0, 0.1) is 5.92 Å². The molecule has 1 saturated heterocycles. The lowest BCUT2D eigenvalue weighted by Gasteiger charge is -2.32. The third kappa shape index (κ3) is 4.90. The van der Waals surface area contributed by atoms with E-state index < -0.39 is 0 Å². The molecule has 2 aliphatic rings. The highest BCUT2D eigenvalue weighted by Crippen LogP contribution is 2.34. The second kappa shape index (κ2) is 9.31.